The van der Waals surface area contributed by atoms with Crippen molar-refractivity contribution >= 4 is 34.9 Å². The molecule has 0 aromatic heterocycles. The van der Waals surface area contributed by atoms with Gasteiger partial charge in [0.05, 0.1) is 19.3 Å². The monoisotopic (exact) mass is 599 g/mol. The van der Waals surface area contributed by atoms with Gasteiger partial charge in [-0.3, -0.25) is 4.90 Å². The van der Waals surface area contributed by atoms with Crippen LogP contribution in [0, 0.1) is 11.3 Å². The Balaban J connectivity index is 2.53. The van der Waals surface area contributed by atoms with Gasteiger partial charge in [-0.15, -0.1) is 0 Å². The van der Waals surface area contributed by atoms with Gasteiger partial charge >= 0.3 is 6.09 Å². The predicted octanol–water partition coefficient (Wildman–Crippen LogP) is 7.64. The molecule has 41 heavy (non-hydrogen) atoms. The molecule has 1 fully saturated rings. The summed E-state index contributed by atoms with van der Waals surface area (Å²) in [7, 11) is -2.23. The van der Waals surface area contributed by atoms with Gasteiger partial charge in [-0.05, 0) is 85.3 Å². The highest BCUT2D eigenvalue weighted by Gasteiger charge is 2.61. The number of aliphatic hydroxyl groups is 1. The minimum absolute atomic E-state index is 0.0335. The first-order valence-electron chi connectivity index (χ1n) is 14.8. The Hall–Kier alpha value is -1.72. The molecule has 228 valence electrons. The van der Waals surface area contributed by atoms with Gasteiger partial charge in [0, 0.05) is 12.5 Å². The van der Waals surface area contributed by atoms with Crippen molar-refractivity contribution in [2.24, 2.45) is 11.3 Å². The molecule has 2 aromatic carbocycles. The largest absolute Gasteiger partial charge is 0.444 e. The zero-order chi connectivity index (χ0) is 31.1. The van der Waals surface area contributed by atoms with Crippen LogP contribution < -0.4 is 0 Å². The number of carbonyl (C=O) groups excluding carboxylic acids is 1. The number of amides is 1. The minimum Gasteiger partial charge on any atom is -0.444 e. The van der Waals surface area contributed by atoms with Crippen LogP contribution in [0.15, 0.2) is 30.3 Å². The van der Waals surface area contributed by atoms with E-state index in [0.717, 1.165) is 21.9 Å². The van der Waals surface area contributed by atoms with E-state index in [1.54, 1.807) is 4.90 Å². The average molecular weight is 600 g/mol. The lowest BCUT2D eigenvalue weighted by Crippen LogP contribution is -2.56. The quantitative estimate of drug-likeness (QED) is 0.331. The first-order chi connectivity index (χ1) is 18.7. The van der Waals surface area contributed by atoms with Gasteiger partial charge in [-0.25, -0.2) is 4.79 Å². The Bertz CT molecular complexity index is 1230. The Morgan fingerprint density at radius 2 is 1.56 bits per heavy atom. The molecule has 3 atom stereocenters. The van der Waals surface area contributed by atoms with Crippen LogP contribution in [-0.4, -0.2) is 59.0 Å². The zero-order valence-corrected chi connectivity index (χ0v) is 29.7. The molecule has 1 N–H and O–H groups in total. The van der Waals surface area contributed by atoms with E-state index in [9.17, 15) is 9.90 Å². The number of ether oxygens (including phenoxy) is 1. The molecule has 1 aliphatic rings. The summed E-state index contributed by atoms with van der Waals surface area (Å²) in [6, 6.07) is 10.6. The fourth-order valence-corrected chi connectivity index (χ4v) is 7.40. The third-order valence-electron chi connectivity index (χ3n) is 7.91. The number of hydrogen-bond donors (Lipinski definition) is 1. The molecule has 2 radical (unpaired) electrons. The van der Waals surface area contributed by atoms with Crippen LogP contribution in [-0.2, 0) is 31.1 Å². The van der Waals surface area contributed by atoms with E-state index in [1.165, 1.54) is 5.56 Å². The van der Waals surface area contributed by atoms with Gasteiger partial charge in [0.2, 0.25) is 18.1 Å². The number of hydrogen-bond acceptors (Lipinski definition) is 5. The van der Waals surface area contributed by atoms with Crippen molar-refractivity contribution < 1.29 is 23.5 Å². The molecule has 0 aliphatic carbocycles. The van der Waals surface area contributed by atoms with Crippen LogP contribution in [0.4, 0.5) is 4.79 Å². The molecule has 8 heteroatoms. The number of likely N-dealkylation sites (tertiary alicyclic amines) is 1. The summed E-state index contributed by atoms with van der Waals surface area (Å²) >= 11 is 0. The summed E-state index contributed by atoms with van der Waals surface area (Å²) in [4.78, 5) is 16.0. The zero-order valence-electron chi connectivity index (χ0n) is 27.7. The van der Waals surface area contributed by atoms with Crippen molar-refractivity contribution in [3.63, 3.8) is 0 Å². The van der Waals surface area contributed by atoms with Crippen molar-refractivity contribution in [3.05, 3.63) is 47.0 Å². The minimum atomic E-state index is -1.22. The van der Waals surface area contributed by atoms with Crippen LogP contribution in [0.25, 0.3) is 10.8 Å². The molecule has 2 aromatic rings. The number of fused-ring (bicyclic) bond motifs is 1. The third kappa shape index (κ3) is 7.09. The average Bonchev–Trinajstić information content (AvgIpc) is 3.14. The molecule has 1 heterocycles. The van der Waals surface area contributed by atoms with E-state index < -0.39 is 41.4 Å². The topological polar surface area (TPSA) is 68.2 Å². The molecule has 1 amide bonds. The molecule has 6 nitrogen and oxygen atoms in total. The Morgan fingerprint density at radius 3 is 2.02 bits per heavy atom. The highest BCUT2D eigenvalue weighted by Crippen LogP contribution is 2.53. The van der Waals surface area contributed by atoms with Crippen LogP contribution >= 0.6 is 0 Å². The Morgan fingerprint density at radius 1 is 0.976 bits per heavy atom. The maximum Gasteiger partial charge on any atom is 0.411 e. The maximum absolute atomic E-state index is 14.2. The molecule has 1 saturated heterocycles. The van der Waals surface area contributed by atoms with Crippen molar-refractivity contribution in [3.8, 4) is 0 Å². The molecular formula is C33H53NO5Si2. The van der Waals surface area contributed by atoms with Gasteiger partial charge in [0.1, 0.15) is 11.1 Å². The van der Waals surface area contributed by atoms with E-state index in [1.807, 2.05) is 26.8 Å². The number of nitrogens with zero attached hydrogens (tertiary/aromatic N) is 1. The predicted molar refractivity (Wildman–Crippen MR) is 172 cm³/mol. The van der Waals surface area contributed by atoms with E-state index >= 15 is 0 Å². The fourth-order valence-electron chi connectivity index (χ4n) is 6.09. The molecule has 0 spiro atoms. The third-order valence-corrected chi connectivity index (χ3v) is 9.36. The first-order valence-corrected chi connectivity index (χ1v) is 19.6. The molecule has 0 bridgehead atoms. The smallest absolute Gasteiger partial charge is 0.411 e. The van der Waals surface area contributed by atoms with Gasteiger partial charge in [-0.2, -0.15) is 0 Å². The van der Waals surface area contributed by atoms with Gasteiger partial charge < -0.3 is 18.7 Å². The molecular weight excluding hydrogens is 547 g/mol. The lowest BCUT2D eigenvalue weighted by molar-refractivity contribution is -0.0395. The van der Waals surface area contributed by atoms with Gasteiger partial charge in [0.15, 0.2) is 0 Å². The second kappa shape index (κ2) is 12.1. The van der Waals surface area contributed by atoms with Crippen molar-refractivity contribution in [1.29, 1.82) is 0 Å². The Labute approximate surface area is 252 Å². The highest BCUT2D eigenvalue weighted by atomic mass is 28.3. The number of carbonyl (C=O) groups is 1. The van der Waals surface area contributed by atoms with Crippen LogP contribution in [0.5, 0.6) is 0 Å². The maximum atomic E-state index is 14.2. The molecule has 0 saturated carbocycles. The van der Waals surface area contributed by atoms with Crippen molar-refractivity contribution in [2.75, 3.05) is 13.2 Å². The molecule has 1 aliphatic heterocycles. The fraction of sp³-hybridized carbons (Fsp3) is 0.667. The summed E-state index contributed by atoms with van der Waals surface area (Å²) in [6.07, 6.45) is -0.862. The highest BCUT2D eigenvalue weighted by molar-refractivity contribution is 6.48. The Kier molecular flexibility index (Phi) is 9.98. The second-order valence-electron chi connectivity index (χ2n) is 15.0. The van der Waals surface area contributed by atoms with Gasteiger partial charge in [0.25, 0.3) is 0 Å². The summed E-state index contributed by atoms with van der Waals surface area (Å²) < 4.78 is 19.3. The normalized spacial score (nSPS) is 22.3. The lowest BCUT2D eigenvalue weighted by Gasteiger charge is -2.45. The van der Waals surface area contributed by atoms with Crippen molar-refractivity contribution in [2.45, 2.75) is 118 Å². The van der Waals surface area contributed by atoms with E-state index in [0.29, 0.717) is 13.2 Å². The van der Waals surface area contributed by atoms with Crippen molar-refractivity contribution in [1.82, 2.24) is 4.90 Å². The van der Waals surface area contributed by atoms with E-state index in [2.05, 4.69) is 92.0 Å². The van der Waals surface area contributed by atoms with E-state index in [-0.39, 0.29) is 23.4 Å². The van der Waals surface area contributed by atoms with E-state index in [4.69, 9.17) is 13.6 Å². The first kappa shape index (κ1) is 33.8. The number of benzene rings is 2. The SMILES string of the molecule is C[Si](C)OCc1cc(C(C)(C)C)c2ccccc2c1[C@]1(CO)C(O[Si](C)C)[C@H](C(C)(C)C)CN1C(=O)OC(C)(C)C. The number of rotatable bonds is 7. The summed E-state index contributed by atoms with van der Waals surface area (Å²) in [5, 5.41) is 13.8. The molecule has 1 unspecified atom stereocenters. The summed E-state index contributed by atoms with van der Waals surface area (Å²) in [6.45, 7) is 27.9. The molecule has 3 rings (SSSR count). The number of aliphatic hydroxyl groups excluding tert-OH is 1. The summed E-state index contributed by atoms with van der Waals surface area (Å²) in [5.74, 6) is -0.0335. The van der Waals surface area contributed by atoms with Gasteiger partial charge in [-0.1, -0.05) is 71.9 Å². The second-order valence-corrected chi connectivity index (χ2v) is 19.2. The standard InChI is InChI=1S/C33H53NO5Si2/c1-30(2,3)25-18-22(20-37-40(10)11)27(24-17-15-14-16-23(24)25)33(21-35)28(39-41(12)13)26(31(4,5)6)19-34(33)29(36)38-32(7,8)9/h14-18,26,28,35H,19-21H2,1-13H3/t26-,28?,33-/m1/s1. The summed E-state index contributed by atoms with van der Waals surface area (Å²) in [5.41, 5.74) is 0.950. The van der Waals surface area contributed by atoms with Crippen LogP contribution in [0.2, 0.25) is 26.2 Å². The lowest BCUT2D eigenvalue weighted by atomic mass is 9.70. The van der Waals surface area contributed by atoms with Crippen LogP contribution in [0.1, 0.15) is 79.0 Å². The van der Waals surface area contributed by atoms with Crippen LogP contribution in [0.3, 0.4) is 0 Å².